The molecule has 2 amide bonds. The molecule has 1 aliphatic rings. The van der Waals surface area contributed by atoms with Crippen molar-refractivity contribution in [2.75, 3.05) is 19.4 Å². The van der Waals surface area contributed by atoms with E-state index in [2.05, 4.69) is 10.3 Å². The lowest BCUT2D eigenvalue weighted by Crippen LogP contribution is -2.24. The van der Waals surface area contributed by atoms with Gasteiger partial charge >= 0.3 is 0 Å². The normalized spacial score (nSPS) is 13.8. The molecule has 1 N–H and O–H groups in total. The topological polar surface area (TPSA) is 62.3 Å². The van der Waals surface area contributed by atoms with Crippen LogP contribution in [0.3, 0.4) is 0 Å². The van der Waals surface area contributed by atoms with Crippen LogP contribution in [0.25, 0.3) is 0 Å². The van der Waals surface area contributed by atoms with Gasteiger partial charge in [-0.15, -0.1) is 11.3 Å². The maximum atomic E-state index is 12.7. The second kappa shape index (κ2) is 7.13. The van der Waals surface area contributed by atoms with Gasteiger partial charge in [-0.3, -0.25) is 14.6 Å². The van der Waals surface area contributed by atoms with Gasteiger partial charge in [-0.25, -0.2) is 0 Å². The first-order valence-electron chi connectivity index (χ1n) is 8.15. The number of fused-ring (bicyclic) bond motifs is 1. The average molecular weight is 343 g/mol. The fourth-order valence-electron chi connectivity index (χ4n) is 2.95. The highest BCUT2D eigenvalue weighted by molar-refractivity contribution is 7.17. The molecule has 0 saturated heterocycles. The number of rotatable bonds is 3. The first-order valence-corrected chi connectivity index (χ1v) is 8.97. The Morgan fingerprint density at radius 3 is 2.71 bits per heavy atom. The minimum absolute atomic E-state index is 0.0455. The Hall–Kier alpha value is -2.21. The number of anilines is 1. The third-order valence-corrected chi connectivity index (χ3v) is 5.40. The summed E-state index contributed by atoms with van der Waals surface area (Å²) in [5.41, 5.74) is 2.28. The van der Waals surface area contributed by atoms with Crippen molar-refractivity contribution in [2.45, 2.75) is 32.1 Å². The van der Waals surface area contributed by atoms with Crippen molar-refractivity contribution in [3.8, 4) is 0 Å². The number of nitrogens with one attached hydrogen (secondary N) is 1. The van der Waals surface area contributed by atoms with Gasteiger partial charge in [0, 0.05) is 31.4 Å². The Morgan fingerprint density at radius 1 is 1.21 bits per heavy atom. The van der Waals surface area contributed by atoms with Crippen molar-refractivity contribution in [2.24, 2.45) is 0 Å². The van der Waals surface area contributed by atoms with E-state index in [1.54, 1.807) is 48.7 Å². The number of carbonyl (C=O) groups is 2. The van der Waals surface area contributed by atoms with E-state index in [1.165, 1.54) is 17.5 Å². The molecule has 0 bridgehead atoms. The average Bonchev–Trinajstić information content (AvgIpc) is 2.76. The Kier molecular flexibility index (Phi) is 4.94. The number of hydrogen-bond donors (Lipinski definition) is 1. The third kappa shape index (κ3) is 3.33. The van der Waals surface area contributed by atoms with Gasteiger partial charge in [0.15, 0.2) is 0 Å². The van der Waals surface area contributed by atoms with Gasteiger partial charge in [0.25, 0.3) is 11.8 Å². The van der Waals surface area contributed by atoms with Gasteiger partial charge < -0.3 is 10.2 Å². The number of hydrogen-bond acceptors (Lipinski definition) is 4. The van der Waals surface area contributed by atoms with E-state index in [9.17, 15) is 9.59 Å². The van der Waals surface area contributed by atoms with E-state index < -0.39 is 0 Å². The standard InChI is InChI=1S/C18H21N3O2S/c1-21(2)18(23)15-13-8-4-3-5-9-14(13)24-17(15)20-16(22)12-7-6-10-19-11-12/h6-7,10-11H,3-5,8-9H2,1-2H3,(H,20,22). The summed E-state index contributed by atoms with van der Waals surface area (Å²) in [7, 11) is 3.49. The predicted molar refractivity (Wildman–Crippen MR) is 95.8 cm³/mol. The minimum Gasteiger partial charge on any atom is -0.345 e. The van der Waals surface area contributed by atoms with Crippen LogP contribution >= 0.6 is 11.3 Å². The quantitative estimate of drug-likeness (QED) is 0.869. The molecule has 0 atom stereocenters. The number of aryl methyl sites for hydroxylation is 1. The summed E-state index contributed by atoms with van der Waals surface area (Å²) in [6, 6.07) is 3.44. The van der Waals surface area contributed by atoms with Crippen LogP contribution in [0.15, 0.2) is 24.5 Å². The molecule has 5 nitrogen and oxygen atoms in total. The van der Waals surface area contributed by atoms with Crippen LogP contribution in [0.1, 0.15) is 50.4 Å². The minimum atomic E-state index is -0.229. The van der Waals surface area contributed by atoms with Gasteiger partial charge in [0.2, 0.25) is 0 Å². The largest absolute Gasteiger partial charge is 0.345 e. The Bertz CT molecular complexity index is 753. The smallest absolute Gasteiger partial charge is 0.257 e. The van der Waals surface area contributed by atoms with E-state index in [0.29, 0.717) is 16.1 Å². The molecule has 0 unspecified atom stereocenters. The molecule has 0 spiro atoms. The van der Waals surface area contributed by atoms with Crippen LogP contribution in [-0.4, -0.2) is 35.8 Å². The summed E-state index contributed by atoms with van der Waals surface area (Å²) in [5.74, 6) is -0.275. The van der Waals surface area contributed by atoms with Crippen molar-refractivity contribution in [1.29, 1.82) is 0 Å². The summed E-state index contributed by atoms with van der Waals surface area (Å²) in [5, 5.41) is 3.59. The van der Waals surface area contributed by atoms with Crippen LogP contribution in [0.2, 0.25) is 0 Å². The molecule has 2 aromatic rings. The van der Waals surface area contributed by atoms with Gasteiger partial charge in [-0.05, 0) is 43.4 Å². The van der Waals surface area contributed by atoms with Gasteiger partial charge in [0.1, 0.15) is 5.00 Å². The molecule has 0 aromatic carbocycles. The number of amides is 2. The van der Waals surface area contributed by atoms with Gasteiger partial charge in [-0.1, -0.05) is 6.42 Å². The molecule has 0 fully saturated rings. The lowest BCUT2D eigenvalue weighted by molar-refractivity contribution is 0.0828. The Morgan fingerprint density at radius 2 is 2.00 bits per heavy atom. The van der Waals surface area contributed by atoms with Crippen molar-refractivity contribution >= 4 is 28.2 Å². The molecule has 0 aliphatic heterocycles. The molecule has 126 valence electrons. The second-order valence-electron chi connectivity index (χ2n) is 6.16. The summed E-state index contributed by atoms with van der Waals surface area (Å²) in [6.07, 6.45) is 8.47. The van der Waals surface area contributed by atoms with Gasteiger partial charge in [-0.2, -0.15) is 0 Å². The summed E-state index contributed by atoms with van der Waals surface area (Å²) in [4.78, 5) is 32.0. The van der Waals surface area contributed by atoms with Crippen LogP contribution in [0.4, 0.5) is 5.00 Å². The zero-order valence-electron chi connectivity index (χ0n) is 14.0. The van der Waals surface area contributed by atoms with Crippen molar-refractivity contribution in [1.82, 2.24) is 9.88 Å². The van der Waals surface area contributed by atoms with Crippen LogP contribution in [0, 0.1) is 0 Å². The van der Waals surface area contributed by atoms with Crippen LogP contribution in [-0.2, 0) is 12.8 Å². The summed E-state index contributed by atoms with van der Waals surface area (Å²) >= 11 is 1.54. The van der Waals surface area contributed by atoms with Crippen LogP contribution < -0.4 is 5.32 Å². The number of pyridine rings is 1. The first kappa shape index (κ1) is 16.6. The highest BCUT2D eigenvalue weighted by Crippen LogP contribution is 2.38. The molecule has 3 rings (SSSR count). The molecular formula is C18H21N3O2S. The molecule has 6 heteroatoms. The van der Waals surface area contributed by atoms with Crippen molar-refractivity contribution in [3.63, 3.8) is 0 Å². The SMILES string of the molecule is CN(C)C(=O)c1c(NC(=O)c2cccnc2)sc2c1CCCCC2. The number of nitrogens with zero attached hydrogens (tertiary/aromatic N) is 2. The number of carbonyl (C=O) groups excluding carboxylic acids is 2. The van der Waals surface area contributed by atoms with E-state index in [4.69, 9.17) is 0 Å². The Labute approximate surface area is 145 Å². The highest BCUT2D eigenvalue weighted by Gasteiger charge is 2.26. The lowest BCUT2D eigenvalue weighted by Gasteiger charge is -2.13. The predicted octanol–water partition coefficient (Wildman–Crippen LogP) is 3.37. The van der Waals surface area contributed by atoms with Crippen molar-refractivity contribution in [3.05, 3.63) is 46.1 Å². The molecule has 1 aliphatic carbocycles. The molecule has 2 aromatic heterocycles. The van der Waals surface area contributed by atoms with E-state index in [-0.39, 0.29) is 11.8 Å². The van der Waals surface area contributed by atoms with Crippen LogP contribution in [0.5, 0.6) is 0 Å². The Balaban J connectivity index is 1.97. The zero-order valence-corrected chi connectivity index (χ0v) is 14.8. The monoisotopic (exact) mass is 343 g/mol. The fourth-order valence-corrected chi connectivity index (χ4v) is 4.23. The third-order valence-electron chi connectivity index (χ3n) is 4.19. The molecule has 24 heavy (non-hydrogen) atoms. The number of thiophene rings is 1. The molecule has 2 heterocycles. The lowest BCUT2D eigenvalue weighted by atomic mass is 10.0. The second-order valence-corrected chi connectivity index (χ2v) is 7.27. The summed E-state index contributed by atoms with van der Waals surface area (Å²) in [6.45, 7) is 0. The molecular weight excluding hydrogens is 322 g/mol. The highest BCUT2D eigenvalue weighted by atomic mass is 32.1. The van der Waals surface area contributed by atoms with Gasteiger partial charge in [0.05, 0.1) is 11.1 Å². The molecule has 0 saturated carbocycles. The maximum absolute atomic E-state index is 12.7. The van der Waals surface area contributed by atoms with E-state index in [1.807, 2.05) is 0 Å². The zero-order chi connectivity index (χ0) is 17.1. The van der Waals surface area contributed by atoms with E-state index >= 15 is 0 Å². The fraction of sp³-hybridized carbons (Fsp3) is 0.389. The first-order chi connectivity index (χ1) is 11.6. The maximum Gasteiger partial charge on any atom is 0.257 e. The van der Waals surface area contributed by atoms with Crippen molar-refractivity contribution < 1.29 is 9.59 Å². The van der Waals surface area contributed by atoms with E-state index in [0.717, 1.165) is 31.2 Å². The molecule has 0 radical (unpaired) electrons. The summed E-state index contributed by atoms with van der Waals surface area (Å²) < 4.78 is 0. The number of aromatic nitrogens is 1.